The van der Waals surface area contributed by atoms with Gasteiger partial charge in [0.25, 0.3) is 0 Å². The van der Waals surface area contributed by atoms with Crippen molar-refractivity contribution in [1.29, 1.82) is 0 Å². The van der Waals surface area contributed by atoms with Crippen LogP contribution in [-0.2, 0) is 29.9 Å². The van der Waals surface area contributed by atoms with Gasteiger partial charge in [-0.2, -0.15) is 4.31 Å². The molecule has 0 unspecified atom stereocenters. The average Bonchev–Trinajstić information content (AvgIpc) is 3.08. The highest BCUT2D eigenvalue weighted by atomic mass is 32.2. The summed E-state index contributed by atoms with van der Waals surface area (Å²) in [6.07, 6.45) is -1.42. The minimum Gasteiger partial charge on any atom is -0.390 e. The number of nitrogens with zero attached hydrogens (tertiary/aromatic N) is 1. The quantitative estimate of drug-likeness (QED) is 0.455. The number of sulfonamides is 2. The Labute approximate surface area is 214 Å². The number of hydrogen-bond donors (Lipinski definition) is 2. The van der Waals surface area contributed by atoms with E-state index in [9.17, 15) is 30.4 Å². The number of aliphatic hydroxyl groups is 1. The minimum absolute atomic E-state index is 0.0362. The van der Waals surface area contributed by atoms with Crippen LogP contribution >= 0.6 is 0 Å². The van der Waals surface area contributed by atoms with Crippen molar-refractivity contribution in [3.05, 3.63) is 59.7 Å². The molecule has 0 saturated carbocycles. The van der Waals surface area contributed by atoms with Crippen molar-refractivity contribution >= 4 is 29.9 Å². The van der Waals surface area contributed by atoms with Gasteiger partial charge in [-0.15, -0.1) is 0 Å². The molecule has 12 heteroatoms. The van der Waals surface area contributed by atoms with Crippen molar-refractivity contribution in [2.75, 3.05) is 24.6 Å². The molecule has 1 fully saturated rings. The number of aliphatic hydroxyl groups excluding tert-OH is 1. The summed E-state index contributed by atoms with van der Waals surface area (Å²) < 4.78 is 80.2. The Morgan fingerprint density at radius 1 is 0.861 bits per heavy atom. The Morgan fingerprint density at radius 2 is 1.33 bits per heavy atom. The van der Waals surface area contributed by atoms with Crippen molar-refractivity contribution in [3.63, 3.8) is 0 Å². The number of sulfone groups is 1. The molecule has 1 saturated heterocycles. The first-order valence-electron chi connectivity index (χ1n) is 11.7. The van der Waals surface area contributed by atoms with E-state index in [1.165, 1.54) is 24.3 Å². The molecule has 0 bridgehead atoms. The van der Waals surface area contributed by atoms with Crippen molar-refractivity contribution in [2.24, 2.45) is 0 Å². The van der Waals surface area contributed by atoms with Gasteiger partial charge >= 0.3 is 0 Å². The fourth-order valence-electron chi connectivity index (χ4n) is 4.12. The van der Waals surface area contributed by atoms with E-state index >= 15 is 0 Å². The van der Waals surface area contributed by atoms with Crippen molar-refractivity contribution < 1.29 is 30.4 Å². The Balaban J connectivity index is 1.85. The third-order valence-corrected chi connectivity index (χ3v) is 11.4. The lowest BCUT2D eigenvalue weighted by atomic mass is 10.0. The number of benzene rings is 2. The standard InChI is InChI=1S/C24H34N2O7S3/c1-17(2)19-5-9-21(10-6-19)35(30,31)25-13-14-26(23-15-34(28,29)16-24(23)27)36(32,33)22-11-7-20(8-12-22)18(3)4/h5-12,17-18,23-25,27H,13-16H2,1-4H3/t23-,24+/m0/s1. The highest BCUT2D eigenvalue weighted by Crippen LogP contribution is 2.26. The molecule has 200 valence electrons. The van der Waals surface area contributed by atoms with Crippen LogP contribution in [0.25, 0.3) is 0 Å². The summed E-state index contributed by atoms with van der Waals surface area (Å²) >= 11 is 0. The van der Waals surface area contributed by atoms with Crippen molar-refractivity contribution in [2.45, 2.75) is 61.5 Å². The molecule has 2 N–H and O–H groups in total. The summed E-state index contributed by atoms with van der Waals surface area (Å²) in [6, 6.07) is 11.4. The van der Waals surface area contributed by atoms with Gasteiger partial charge in [-0.3, -0.25) is 0 Å². The van der Waals surface area contributed by atoms with E-state index in [0.717, 1.165) is 15.4 Å². The number of hydrogen-bond acceptors (Lipinski definition) is 7. The highest BCUT2D eigenvalue weighted by Gasteiger charge is 2.44. The zero-order valence-corrected chi connectivity index (χ0v) is 23.3. The zero-order valence-electron chi connectivity index (χ0n) is 20.8. The number of nitrogens with one attached hydrogen (secondary N) is 1. The summed E-state index contributed by atoms with van der Waals surface area (Å²) in [4.78, 5) is -0.0235. The number of rotatable bonds is 10. The van der Waals surface area contributed by atoms with Gasteiger partial charge < -0.3 is 5.11 Å². The van der Waals surface area contributed by atoms with Crippen LogP contribution in [0.2, 0.25) is 0 Å². The van der Waals surface area contributed by atoms with Crippen LogP contribution < -0.4 is 4.72 Å². The summed E-state index contributed by atoms with van der Waals surface area (Å²) in [5, 5.41) is 10.4. The first kappa shape index (κ1) is 28.7. The molecule has 0 spiro atoms. The first-order chi connectivity index (χ1) is 16.6. The van der Waals surface area contributed by atoms with Gasteiger partial charge in [-0.1, -0.05) is 52.0 Å². The molecule has 1 aliphatic heterocycles. The molecule has 0 aliphatic carbocycles. The lowest BCUT2D eigenvalue weighted by Gasteiger charge is -2.29. The molecule has 36 heavy (non-hydrogen) atoms. The van der Waals surface area contributed by atoms with Crippen LogP contribution in [0.4, 0.5) is 0 Å². The van der Waals surface area contributed by atoms with E-state index in [0.29, 0.717) is 0 Å². The zero-order chi connectivity index (χ0) is 26.9. The Morgan fingerprint density at radius 3 is 1.75 bits per heavy atom. The first-order valence-corrected chi connectivity index (χ1v) is 16.5. The van der Waals surface area contributed by atoms with E-state index in [-0.39, 0.29) is 34.7 Å². The summed E-state index contributed by atoms with van der Waals surface area (Å²) in [5.74, 6) is -0.675. The molecule has 2 aromatic carbocycles. The van der Waals surface area contributed by atoms with E-state index in [1.54, 1.807) is 24.3 Å². The smallest absolute Gasteiger partial charge is 0.243 e. The van der Waals surface area contributed by atoms with Crippen LogP contribution in [0.15, 0.2) is 58.3 Å². The van der Waals surface area contributed by atoms with Gasteiger partial charge in [0.1, 0.15) is 0 Å². The lowest BCUT2D eigenvalue weighted by Crippen LogP contribution is -2.49. The largest absolute Gasteiger partial charge is 0.390 e. The monoisotopic (exact) mass is 558 g/mol. The molecule has 1 aliphatic rings. The Bertz CT molecular complexity index is 1370. The average molecular weight is 559 g/mol. The van der Waals surface area contributed by atoms with Gasteiger partial charge in [0, 0.05) is 13.1 Å². The van der Waals surface area contributed by atoms with E-state index in [4.69, 9.17) is 0 Å². The highest BCUT2D eigenvalue weighted by molar-refractivity contribution is 7.92. The molecule has 3 rings (SSSR count). The second-order valence-corrected chi connectivity index (χ2v) is 15.5. The van der Waals surface area contributed by atoms with Gasteiger partial charge in [-0.25, -0.2) is 30.0 Å². The second-order valence-electron chi connectivity index (χ2n) is 9.67. The normalized spacial score (nSPS) is 20.4. The molecule has 2 aromatic rings. The third kappa shape index (κ3) is 6.53. The maximum atomic E-state index is 13.5. The third-order valence-electron chi connectivity index (χ3n) is 6.30. The van der Waals surface area contributed by atoms with Crippen molar-refractivity contribution in [1.82, 2.24) is 9.03 Å². The summed E-state index contributed by atoms with van der Waals surface area (Å²) in [6.45, 7) is 7.27. The van der Waals surface area contributed by atoms with Crippen LogP contribution in [0.3, 0.4) is 0 Å². The molecule has 0 aromatic heterocycles. The summed E-state index contributed by atoms with van der Waals surface area (Å²) in [5.41, 5.74) is 1.91. The van der Waals surface area contributed by atoms with Crippen molar-refractivity contribution in [3.8, 4) is 0 Å². The fraction of sp³-hybridized carbons (Fsp3) is 0.500. The maximum absolute atomic E-state index is 13.5. The molecule has 2 atom stereocenters. The van der Waals surface area contributed by atoms with Gasteiger partial charge in [-0.05, 0) is 47.2 Å². The van der Waals surface area contributed by atoms with E-state index in [1.807, 2.05) is 27.7 Å². The van der Waals surface area contributed by atoms with Gasteiger partial charge in [0.15, 0.2) is 9.84 Å². The SMILES string of the molecule is CC(C)c1ccc(S(=O)(=O)NCCN([C@H]2CS(=O)(=O)C[C@H]2O)S(=O)(=O)c2ccc(C(C)C)cc2)cc1. The van der Waals surface area contributed by atoms with E-state index in [2.05, 4.69) is 4.72 Å². The van der Waals surface area contributed by atoms with Crippen LogP contribution in [-0.4, -0.2) is 71.4 Å². The van der Waals surface area contributed by atoms with Crippen LogP contribution in [0.1, 0.15) is 50.7 Å². The Kier molecular flexibility index (Phi) is 8.69. The molecular formula is C24H34N2O7S3. The van der Waals surface area contributed by atoms with Crippen LogP contribution in [0.5, 0.6) is 0 Å². The maximum Gasteiger partial charge on any atom is 0.243 e. The van der Waals surface area contributed by atoms with E-state index < -0.39 is 53.5 Å². The molecule has 0 amide bonds. The minimum atomic E-state index is -4.23. The van der Waals surface area contributed by atoms with Gasteiger partial charge in [0.05, 0.1) is 33.4 Å². The molecule has 0 radical (unpaired) electrons. The van der Waals surface area contributed by atoms with Gasteiger partial charge in [0.2, 0.25) is 20.0 Å². The van der Waals surface area contributed by atoms with Crippen LogP contribution in [0, 0.1) is 0 Å². The fourth-order valence-corrected chi connectivity index (χ4v) is 8.69. The second kappa shape index (κ2) is 10.9. The predicted molar refractivity (Wildman–Crippen MR) is 139 cm³/mol. The molecule has 9 nitrogen and oxygen atoms in total. The molecule has 1 heterocycles. The summed E-state index contributed by atoms with van der Waals surface area (Å²) in [7, 11) is -11.8. The topological polar surface area (TPSA) is 138 Å². The Hall–Kier alpha value is -1.83. The predicted octanol–water partition coefficient (Wildman–Crippen LogP) is 2.06. The molecular weight excluding hydrogens is 524 g/mol. The lowest BCUT2D eigenvalue weighted by molar-refractivity contribution is 0.128.